The third-order valence-electron chi connectivity index (χ3n) is 10.5. The summed E-state index contributed by atoms with van der Waals surface area (Å²) in [7, 11) is 0. The standard InChI is InChI=1S/C52H35NO/c1-3-15-36(16-4-1)40-21-13-22-42(33-40)53(43-31-29-37-17-7-8-20-39(37)34-43)49-27-14-26-47(45-24-10-9-23-44(45)38-18-5-2-6-19-38)52(49)41-30-32-51-48(35-41)46-25-11-12-28-50(46)54-51/h1-35H. The fourth-order valence-electron chi connectivity index (χ4n) is 7.92. The van der Waals surface area contributed by atoms with E-state index in [1.165, 1.54) is 33.0 Å². The van der Waals surface area contributed by atoms with E-state index in [0.717, 1.165) is 61.3 Å². The van der Waals surface area contributed by atoms with Gasteiger partial charge in [-0.05, 0) is 98.2 Å². The van der Waals surface area contributed by atoms with Crippen molar-refractivity contribution in [3.05, 3.63) is 212 Å². The smallest absolute Gasteiger partial charge is 0.135 e. The molecule has 0 aliphatic heterocycles. The van der Waals surface area contributed by atoms with Crippen LogP contribution in [0.4, 0.5) is 17.1 Å². The van der Waals surface area contributed by atoms with Gasteiger partial charge in [-0.1, -0.05) is 164 Å². The lowest BCUT2D eigenvalue weighted by Crippen LogP contribution is -2.12. The first-order chi connectivity index (χ1) is 26.8. The summed E-state index contributed by atoms with van der Waals surface area (Å²) in [4.78, 5) is 2.43. The fourth-order valence-corrected chi connectivity index (χ4v) is 7.92. The van der Waals surface area contributed by atoms with Crippen LogP contribution in [-0.4, -0.2) is 0 Å². The molecule has 54 heavy (non-hydrogen) atoms. The van der Waals surface area contributed by atoms with Crippen LogP contribution in [-0.2, 0) is 0 Å². The maximum Gasteiger partial charge on any atom is 0.135 e. The van der Waals surface area contributed by atoms with Gasteiger partial charge in [0.05, 0.1) is 5.69 Å². The zero-order chi connectivity index (χ0) is 35.8. The van der Waals surface area contributed by atoms with E-state index in [2.05, 4.69) is 205 Å². The monoisotopic (exact) mass is 689 g/mol. The van der Waals surface area contributed by atoms with E-state index in [1.54, 1.807) is 0 Å². The van der Waals surface area contributed by atoms with Crippen molar-refractivity contribution in [1.29, 1.82) is 0 Å². The average molecular weight is 690 g/mol. The van der Waals surface area contributed by atoms with Gasteiger partial charge >= 0.3 is 0 Å². The number of nitrogens with zero attached hydrogens (tertiary/aromatic N) is 1. The van der Waals surface area contributed by atoms with Crippen LogP contribution in [0.2, 0.25) is 0 Å². The molecule has 0 amide bonds. The molecule has 0 aliphatic rings. The zero-order valence-electron chi connectivity index (χ0n) is 29.6. The minimum absolute atomic E-state index is 0.880. The van der Waals surface area contributed by atoms with Gasteiger partial charge in [-0.25, -0.2) is 0 Å². The highest BCUT2D eigenvalue weighted by Crippen LogP contribution is 2.48. The van der Waals surface area contributed by atoms with Crippen LogP contribution in [0.15, 0.2) is 217 Å². The molecule has 2 nitrogen and oxygen atoms in total. The fraction of sp³-hybridized carbons (Fsp3) is 0. The topological polar surface area (TPSA) is 16.4 Å². The number of benzene rings is 9. The molecule has 0 aliphatic carbocycles. The van der Waals surface area contributed by atoms with Crippen LogP contribution < -0.4 is 4.90 Å². The van der Waals surface area contributed by atoms with E-state index < -0.39 is 0 Å². The van der Waals surface area contributed by atoms with E-state index in [-0.39, 0.29) is 0 Å². The summed E-state index contributed by atoms with van der Waals surface area (Å²) in [5, 5.41) is 4.61. The van der Waals surface area contributed by atoms with E-state index >= 15 is 0 Å². The average Bonchev–Trinajstić information content (AvgIpc) is 3.62. The third kappa shape index (κ3) is 5.62. The van der Waals surface area contributed by atoms with Crippen LogP contribution in [0.1, 0.15) is 0 Å². The molecule has 0 saturated heterocycles. The maximum atomic E-state index is 6.34. The summed E-state index contributed by atoms with van der Waals surface area (Å²) >= 11 is 0. The number of rotatable bonds is 7. The van der Waals surface area contributed by atoms with Crippen LogP contribution >= 0.6 is 0 Å². The molecule has 0 unspecified atom stereocenters. The maximum absolute atomic E-state index is 6.34. The first-order valence-corrected chi connectivity index (χ1v) is 18.4. The van der Waals surface area contributed by atoms with E-state index in [9.17, 15) is 0 Å². The molecule has 0 radical (unpaired) electrons. The Bertz CT molecular complexity index is 2940. The quantitative estimate of drug-likeness (QED) is 0.166. The van der Waals surface area contributed by atoms with Gasteiger partial charge in [0.25, 0.3) is 0 Å². The van der Waals surface area contributed by atoms with Crippen LogP contribution in [0.3, 0.4) is 0 Å². The molecule has 2 heteroatoms. The highest BCUT2D eigenvalue weighted by Gasteiger charge is 2.23. The molecule has 0 saturated carbocycles. The lowest BCUT2D eigenvalue weighted by atomic mass is 9.87. The van der Waals surface area contributed by atoms with Gasteiger partial charge < -0.3 is 9.32 Å². The van der Waals surface area contributed by atoms with Crippen molar-refractivity contribution in [1.82, 2.24) is 0 Å². The highest BCUT2D eigenvalue weighted by molar-refractivity contribution is 6.08. The number of furan rings is 1. The molecule has 0 N–H and O–H groups in total. The van der Waals surface area contributed by atoms with Crippen molar-refractivity contribution in [3.63, 3.8) is 0 Å². The Balaban J connectivity index is 1.29. The molecule has 10 aromatic rings. The first kappa shape index (κ1) is 31.6. The van der Waals surface area contributed by atoms with Gasteiger partial charge in [0.1, 0.15) is 11.2 Å². The highest BCUT2D eigenvalue weighted by atomic mass is 16.3. The number of para-hydroxylation sites is 1. The van der Waals surface area contributed by atoms with E-state index in [1.807, 2.05) is 12.1 Å². The summed E-state index contributed by atoms with van der Waals surface area (Å²) < 4.78 is 6.34. The molecular weight excluding hydrogens is 655 g/mol. The molecule has 0 bridgehead atoms. The molecule has 1 heterocycles. The van der Waals surface area contributed by atoms with Crippen molar-refractivity contribution in [3.8, 4) is 44.5 Å². The van der Waals surface area contributed by atoms with E-state index in [0.29, 0.717) is 0 Å². The van der Waals surface area contributed by atoms with Gasteiger partial charge in [-0.15, -0.1) is 0 Å². The zero-order valence-corrected chi connectivity index (χ0v) is 29.6. The Kier molecular flexibility index (Phi) is 7.85. The number of fused-ring (bicyclic) bond motifs is 4. The number of hydrogen-bond donors (Lipinski definition) is 0. The number of anilines is 3. The predicted molar refractivity (Wildman–Crippen MR) is 228 cm³/mol. The van der Waals surface area contributed by atoms with Crippen LogP contribution in [0, 0.1) is 0 Å². The molecule has 10 rings (SSSR count). The van der Waals surface area contributed by atoms with Crippen molar-refractivity contribution in [2.24, 2.45) is 0 Å². The van der Waals surface area contributed by atoms with Crippen molar-refractivity contribution < 1.29 is 4.42 Å². The third-order valence-corrected chi connectivity index (χ3v) is 10.5. The minimum atomic E-state index is 0.880. The van der Waals surface area contributed by atoms with Crippen LogP contribution in [0.25, 0.3) is 77.2 Å². The van der Waals surface area contributed by atoms with Crippen LogP contribution in [0.5, 0.6) is 0 Å². The normalized spacial score (nSPS) is 11.3. The van der Waals surface area contributed by atoms with Gasteiger partial charge in [0, 0.05) is 27.7 Å². The SMILES string of the molecule is c1ccc(-c2cccc(N(c3ccc4ccccc4c3)c3cccc(-c4ccccc4-c4ccccc4)c3-c3ccc4oc5ccccc5c4c3)c2)cc1. The largest absolute Gasteiger partial charge is 0.456 e. The van der Waals surface area contributed by atoms with E-state index in [4.69, 9.17) is 4.42 Å². The Morgan fingerprint density at radius 1 is 0.315 bits per heavy atom. The van der Waals surface area contributed by atoms with Crippen molar-refractivity contribution in [2.45, 2.75) is 0 Å². The Hall–Kier alpha value is -7.16. The number of hydrogen-bond acceptors (Lipinski definition) is 2. The summed E-state index contributed by atoms with van der Waals surface area (Å²) in [6, 6.07) is 76.1. The summed E-state index contributed by atoms with van der Waals surface area (Å²) in [6.07, 6.45) is 0. The Morgan fingerprint density at radius 3 is 1.80 bits per heavy atom. The Morgan fingerprint density at radius 2 is 0.944 bits per heavy atom. The molecular formula is C52H35NO. The van der Waals surface area contributed by atoms with Gasteiger partial charge in [0.15, 0.2) is 0 Å². The molecule has 0 atom stereocenters. The summed E-state index contributed by atoms with van der Waals surface area (Å²) in [6.45, 7) is 0. The van der Waals surface area contributed by atoms with Gasteiger partial charge in [-0.3, -0.25) is 0 Å². The second-order valence-electron chi connectivity index (χ2n) is 13.7. The minimum Gasteiger partial charge on any atom is -0.456 e. The summed E-state index contributed by atoms with van der Waals surface area (Å²) in [5.74, 6) is 0. The molecule has 1 aromatic heterocycles. The predicted octanol–water partition coefficient (Wildman–Crippen LogP) is 14.9. The van der Waals surface area contributed by atoms with Crippen molar-refractivity contribution >= 4 is 49.8 Å². The van der Waals surface area contributed by atoms with Crippen molar-refractivity contribution in [2.75, 3.05) is 4.90 Å². The lowest BCUT2D eigenvalue weighted by molar-refractivity contribution is 0.669. The van der Waals surface area contributed by atoms with Gasteiger partial charge in [-0.2, -0.15) is 0 Å². The lowest BCUT2D eigenvalue weighted by Gasteiger charge is -2.30. The second-order valence-corrected chi connectivity index (χ2v) is 13.7. The van der Waals surface area contributed by atoms with Gasteiger partial charge in [0.2, 0.25) is 0 Å². The molecule has 0 fully saturated rings. The molecule has 254 valence electrons. The molecule has 9 aromatic carbocycles. The Labute approximate surface area is 314 Å². The first-order valence-electron chi connectivity index (χ1n) is 18.4. The molecule has 0 spiro atoms. The summed E-state index contributed by atoms with van der Waals surface area (Å²) in [5.41, 5.74) is 14.3. The second kappa shape index (κ2) is 13.4.